The van der Waals surface area contributed by atoms with Gasteiger partial charge in [0.2, 0.25) is 0 Å². The first-order chi connectivity index (χ1) is 28.7. The summed E-state index contributed by atoms with van der Waals surface area (Å²) in [4.78, 5) is 3.93. The van der Waals surface area contributed by atoms with Crippen LogP contribution in [-0.2, 0) is 6.54 Å². The maximum absolute atomic E-state index is 15.4. The summed E-state index contributed by atoms with van der Waals surface area (Å²) < 4.78 is 296. The lowest BCUT2D eigenvalue weighted by Gasteiger charge is -2.44. The van der Waals surface area contributed by atoms with E-state index in [0.717, 1.165) is 5.57 Å². The van der Waals surface area contributed by atoms with Crippen molar-refractivity contribution < 1.29 is 92.4 Å². The summed E-state index contributed by atoms with van der Waals surface area (Å²) in [5, 5.41) is 18.0. The van der Waals surface area contributed by atoms with Crippen LogP contribution in [-0.4, -0.2) is 11.1 Å². The Morgan fingerprint density at radius 1 is 0.435 bits per heavy atom. The molecule has 0 aliphatic rings. The number of hydrogen-bond acceptors (Lipinski definition) is 3. The number of aromatic nitrogens is 2. The molecule has 326 valence electrons. The van der Waals surface area contributed by atoms with Crippen LogP contribution < -0.4 is 26.4 Å². The molecule has 0 saturated carbocycles. The Labute approximate surface area is 333 Å². The summed E-state index contributed by atoms with van der Waals surface area (Å²) in [6, 6.07) is 3.94. The molecule has 4 nitrogen and oxygen atoms in total. The minimum atomic E-state index is -7.22. The topological polar surface area (TPSA) is 64.3 Å². The second-order valence-electron chi connectivity index (χ2n) is 13.5. The van der Waals surface area contributed by atoms with Gasteiger partial charge in [-0.3, -0.25) is 4.98 Å². The quantitative estimate of drug-likeness (QED) is 0.0441. The third kappa shape index (κ3) is 7.53. The molecular weight excluding hydrogens is 891 g/mol. The van der Waals surface area contributed by atoms with Gasteiger partial charge in [-0.05, 0) is 5.41 Å². The van der Waals surface area contributed by atoms with Crippen molar-refractivity contribution in [2.24, 2.45) is 5.41 Å². The Morgan fingerprint density at radius 2 is 0.645 bits per heavy atom. The lowest BCUT2D eigenvalue weighted by atomic mass is 9.12. The van der Waals surface area contributed by atoms with E-state index in [-0.39, 0.29) is 11.0 Å². The molecule has 1 heterocycles. The molecule has 1 aromatic heterocycles. The molecule has 5 aromatic rings. The summed E-state index contributed by atoms with van der Waals surface area (Å²) in [6.07, 6.45) is -0.223. The Balaban J connectivity index is 0.000000416. The lowest BCUT2D eigenvalue weighted by molar-refractivity contribution is -0.690. The van der Waals surface area contributed by atoms with E-state index < -0.39 is 144 Å². The minimum Gasteiger partial charge on any atom is -0.252 e. The van der Waals surface area contributed by atoms with Gasteiger partial charge in [-0.1, -0.05) is 20.8 Å². The SMILES string of the molecule is CC(C)(C)C(C[n+]1ccncc1)=C(C#N)C#N.Fc1c(F)c(F)c([B-](c2c(F)c(F)c(F)c(F)c2F)(c2c(F)c(F)c(F)c(F)c2F)c2c(F)c(F)c(F)c(F)c2F)c(F)c1F. The van der Waals surface area contributed by atoms with Gasteiger partial charge in [0.25, 0.3) is 0 Å². The van der Waals surface area contributed by atoms with Crippen LogP contribution in [0.3, 0.4) is 0 Å². The first-order valence-electron chi connectivity index (χ1n) is 16.3. The van der Waals surface area contributed by atoms with Crippen LogP contribution in [0.15, 0.2) is 35.9 Å². The van der Waals surface area contributed by atoms with Gasteiger partial charge in [-0.15, -0.1) is 21.9 Å². The average Bonchev–Trinajstić information content (AvgIpc) is 3.23. The van der Waals surface area contributed by atoms with Gasteiger partial charge >= 0.3 is 0 Å². The Morgan fingerprint density at radius 3 is 0.839 bits per heavy atom. The molecule has 62 heavy (non-hydrogen) atoms. The molecule has 0 aliphatic heterocycles. The Bertz CT molecular complexity index is 2380. The molecule has 0 fully saturated rings. The Hall–Kier alpha value is -6.66. The van der Waals surface area contributed by atoms with Crippen LogP contribution in [0.4, 0.5) is 87.8 Å². The van der Waals surface area contributed by atoms with Crippen molar-refractivity contribution in [3.05, 3.63) is 152 Å². The van der Waals surface area contributed by atoms with Gasteiger partial charge in [0.15, 0.2) is 88.7 Å². The summed E-state index contributed by atoms with van der Waals surface area (Å²) in [7, 11) is 0. The minimum absolute atomic E-state index is 0.196. The molecule has 0 N–H and O–H groups in total. The van der Waals surface area contributed by atoms with Crippen LogP contribution in [0, 0.1) is 144 Å². The van der Waals surface area contributed by atoms with Crippen molar-refractivity contribution in [2.45, 2.75) is 27.3 Å². The molecule has 25 heteroatoms. The number of nitriles is 2. The number of nitrogens with zero attached hydrogens (tertiary/aromatic N) is 4. The number of benzene rings is 4. The largest absolute Gasteiger partial charge is 0.252 e. The van der Waals surface area contributed by atoms with Crippen LogP contribution in [0.1, 0.15) is 20.8 Å². The van der Waals surface area contributed by atoms with E-state index in [4.69, 9.17) is 10.5 Å². The zero-order chi connectivity index (χ0) is 47.2. The van der Waals surface area contributed by atoms with Gasteiger partial charge in [0.1, 0.15) is 70.4 Å². The Kier molecular flexibility index (Phi) is 13.5. The fourth-order valence-corrected chi connectivity index (χ4v) is 6.36. The molecule has 5 rings (SSSR count). The van der Waals surface area contributed by atoms with Crippen molar-refractivity contribution >= 4 is 28.0 Å². The van der Waals surface area contributed by atoms with E-state index in [1.165, 1.54) is 0 Å². The maximum atomic E-state index is 15.4. The first kappa shape index (κ1) is 48.0. The molecule has 0 saturated heterocycles. The van der Waals surface area contributed by atoms with Gasteiger partial charge in [0.05, 0.1) is 12.4 Å². The molecule has 0 radical (unpaired) electrons. The van der Waals surface area contributed by atoms with Gasteiger partial charge in [-0.2, -0.15) is 15.1 Å². The highest BCUT2D eigenvalue weighted by molar-refractivity contribution is 7.20. The molecule has 0 aliphatic carbocycles. The van der Waals surface area contributed by atoms with E-state index in [9.17, 15) is 52.7 Å². The van der Waals surface area contributed by atoms with Gasteiger partial charge < -0.3 is 0 Å². The molecule has 0 bridgehead atoms. The van der Waals surface area contributed by atoms with Crippen molar-refractivity contribution in [2.75, 3.05) is 0 Å². The normalized spacial score (nSPS) is 11.5. The highest BCUT2D eigenvalue weighted by atomic mass is 19.2. The molecule has 0 atom stereocenters. The molecule has 0 amide bonds. The molecule has 0 spiro atoms. The highest BCUT2D eigenvalue weighted by Crippen LogP contribution is 2.31. The first-order valence-corrected chi connectivity index (χ1v) is 16.3. The van der Waals surface area contributed by atoms with E-state index in [0.29, 0.717) is 6.54 Å². The fourth-order valence-electron chi connectivity index (χ4n) is 6.36. The second kappa shape index (κ2) is 17.4. The smallest absolute Gasteiger partial charge is 0.200 e. The number of allylic oxidation sites excluding steroid dienone is 2. The van der Waals surface area contributed by atoms with Crippen molar-refractivity contribution in [3.63, 3.8) is 0 Å². The average molecular weight is 906 g/mol. The number of hydrogen-bond donors (Lipinski definition) is 0. The van der Waals surface area contributed by atoms with Crippen LogP contribution >= 0.6 is 0 Å². The molecule has 0 unspecified atom stereocenters. The zero-order valence-corrected chi connectivity index (χ0v) is 30.4. The fraction of sp³-hybridized carbons (Fsp3) is 0.135. The van der Waals surface area contributed by atoms with E-state index in [1.807, 2.05) is 49.9 Å². The molecule has 4 aromatic carbocycles. The standard InChI is InChI=1S/C24BF20.C13H15N4/c26-5-1(6(27)14(35)21(42)13(5)34)25(2-7(28)15(36)22(43)16(37)8(2)29,3-9(30)17(38)23(44)18(39)10(3)31)4-11(32)19(40)24(45)20(41)12(4)33;1-13(2,3)12(11(8-14)9-15)10-17-6-4-16-5-7-17/h;4-7H,10H2,1-3H3/q-1;+1. The summed E-state index contributed by atoms with van der Waals surface area (Å²) in [6.45, 7) is 6.53. The third-order valence-corrected chi connectivity index (χ3v) is 9.17. The predicted octanol–water partition coefficient (Wildman–Crippen LogP) is 7.60. The highest BCUT2D eigenvalue weighted by Gasteiger charge is 2.52. The zero-order valence-electron chi connectivity index (χ0n) is 30.4. The number of rotatable bonds is 6. The lowest BCUT2D eigenvalue weighted by Crippen LogP contribution is -2.81. The predicted molar refractivity (Wildman–Crippen MR) is 171 cm³/mol. The van der Waals surface area contributed by atoms with E-state index >= 15 is 35.1 Å². The van der Waals surface area contributed by atoms with E-state index in [2.05, 4.69) is 4.98 Å². The van der Waals surface area contributed by atoms with Gasteiger partial charge in [-0.25, -0.2) is 87.8 Å². The second-order valence-corrected chi connectivity index (χ2v) is 13.5. The molecular formula is C37H15BF20N4. The van der Waals surface area contributed by atoms with Gasteiger partial charge in [0, 0.05) is 5.57 Å². The van der Waals surface area contributed by atoms with Crippen LogP contribution in [0.2, 0.25) is 0 Å². The summed E-state index contributed by atoms with van der Waals surface area (Å²) in [5.41, 5.74) is -13.5. The summed E-state index contributed by atoms with van der Waals surface area (Å²) >= 11 is 0. The van der Waals surface area contributed by atoms with Crippen molar-refractivity contribution in [3.8, 4) is 12.1 Å². The van der Waals surface area contributed by atoms with Crippen LogP contribution in [0.5, 0.6) is 0 Å². The number of halogens is 20. The van der Waals surface area contributed by atoms with E-state index in [1.54, 1.807) is 12.4 Å². The maximum Gasteiger partial charge on any atom is 0.200 e. The monoisotopic (exact) mass is 906 g/mol. The van der Waals surface area contributed by atoms with Crippen molar-refractivity contribution in [1.82, 2.24) is 4.98 Å². The van der Waals surface area contributed by atoms with Crippen molar-refractivity contribution in [1.29, 1.82) is 10.5 Å². The third-order valence-electron chi connectivity index (χ3n) is 9.17. The summed E-state index contributed by atoms with van der Waals surface area (Å²) in [5.74, 6) is -71.4. The van der Waals surface area contributed by atoms with Crippen LogP contribution in [0.25, 0.3) is 0 Å².